The second-order valence-corrected chi connectivity index (χ2v) is 6.78. The number of ether oxygens (including phenoxy) is 1. The van der Waals surface area contributed by atoms with Gasteiger partial charge in [-0.2, -0.15) is 0 Å². The number of methoxy groups -OCH3 is 1. The molecule has 0 saturated carbocycles. The fourth-order valence-corrected chi connectivity index (χ4v) is 3.15. The molecule has 0 spiro atoms. The fraction of sp³-hybridized carbons (Fsp3) is 0.0667. The molecule has 8 heteroatoms. The van der Waals surface area contributed by atoms with Gasteiger partial charge >= 0.3 is 0 Å². The first-order chi connectivity index (χ1) is 11.0. The number of fused-ring (bicyclic) bond motifs is 1. The summed E-state index contributed by atoms with van der Waals surface area (Å²) in [6.45, 7) is 0. The molecule has 2 heterocycles. The zero-order valence-electron chi connectivity index (χ0n) is 11.8. The predicted octanol–water partition coefficient (Wildman–Crippen LogP) is 3.31. The second kappa shape index (κ2) is 6.31. The maximum Gasteiger partial charge on any atom is 0.255 e. The van der Waals surface area contributed by atoms with Gasteiger partial charge in [0.15, 0.2) is 5.75 Å². The number of hydrogen-bond acceptors (Lipinski definition) is 4. The van der Waals surface area contributed by atoms with Crippen molar-refractivity contribution < 1.29 is 8.95 Å². The van der Waals surface area contributed by atoms with Gasteiger partial charge in [0, 0.05) is 17.5 Å². The molecule has 0 amide bonds. The Balaban J connectivity index is 2.37. The molecule has 0 aliphatic heterocycles. The van der Waals surface area contributed by atoms with Crippen LogP contribution in [0.4, 0.5) is 0 Å². The Morgan fingerprint density at radius 1 is 1.22 bits per heavy atom. The molecule has 0 bridgehead atoms. The first kappa shape index (κ1) is 16.0. The highest BCUT2D eigenvalue weighted by molar-refractivity contribution is 8.08. The van der Waals surface area contributed by atoms with Crippen molar-refractivity contribution in [2.75, 3.05) is 7.11 Å². The number of nitrogens with zero attached hydrogens (tertiary/aromatic N) is 2. The van der Waals surface area contributed by atoms with Crippen LogP contribution in [0.5, 0.6) is 5.75 Å². The van der Waals surface area contributed by atoms with E-state index in [9.17, 15) is 9.00 Å². The smallest absolute Gasteiger partial charge is 0.255 e. The Morgan fingerprint density at radius 3 is 2.70 bits per heavy atom. The highest BCUT2D eigenvalue weighted by Crippen LogP contribution is 2.27. The van der Waals surface area contributed by atoms with Gasteiger partial charge in [0.05, 0.1) is 29.4 Å². The lowest BCUT2D eigenvalue weighted by Crippen LogP contribution is -2.18. The molecule has 2 aromatic heterocycles. The van der Waals surface area contributed by atoms with E-state index < -0.39 is 10.0 Å². The van der Waals surface area contributed by atoms with Crippen molar-refractivity contribution in [1.29, 1.82) is 0 Å². The van der Waals surface area contributed by atoms with Gasteiger partial charge in [-0.3, -0.25) is 9.36 Å². The van der Waals surface area contributed by atoms with Crippen LogP contribution in [0.2, 0.25) is 5.15 Å². The van der Waals surface area contributed by atoms with Crippen LogP contribution < -0.4 is 10.3 Å². The van der Waals surface area contributed by atoms with Crippen molar-refractivity contribution in [3.05, 3.63) is 58.1 Å². The van der Waals surface area contributed by atoms with E-state index in [4.69, 9.17) is 27.0 Å². The van der Waals surface area contributed by atoms with Crippen LogP contribution in [0.1, 0.15) is 0 Å². The Labute approximate surface area is 143 Å². The number of hydrogen-bond donors (Lipinski definition) is 0. The Bertz CT molecular complexity index is 988. The van der Waals surface area contributed by atoms with Crippen LogP contribution >= 0.6 is 22.3 Å². The third-order valence-electron chi connectivity index (χ3n) is 3.33. The molecule has 0 N–H and O–H groups in total. The van der Waals surface area contributed by atoms with E-state index in [1.54, 1.807) is 30.3 Å². The van der Waals surface area contributed by atoms with Gasteiger partial charge in [0.2, 0.25) is 0 Å². The summed E-state index contributed by atoms with van der Waals surface area (Å²) in [5.41, 5.74) is 0.838. The fourth-order valence-electron chi connectivity index (χ4n) is 2.31. The molecule has 3 aromatic rings. The topological polar surface area (TPSA) is 61.2 Å². The van der Waals surface area contributed by atoms with Gasteiger partial charge in [-0.15, -0.1) is 0 Å². The van der Waals surface area contributed by atoms with Gasteiger partial charge in [-0.25, -0.2) is 9.19 Å². The lowest BCUT2D eigenvalue weighted by molar-refractivity contribution is 0.411. The zero-order valence-corrected chi connectivity index (χ0v) is 14.2. The minimum Gasteiger partial charge on any atom is -0.493 e. The number of benzene rings is 1. The summed E-state index contributed by atoms with van der Waals surface area (Å²) in [4.78, 5) is 16.8. The lowest BCUT2D eigenvalue weighted by atomic mass is 10.2. The first-order valence-electron chi connectivity index (χ1n) is 6.45. The summed E-state index contributed by atoms with van der Waals surface area (Å²) >= 11 is 5.95. The minimum atomic E-state index is -1.62. The molecule has 3 rings (SSSR count). The molecule has 0 fully saturated rings. The summed E-state index contributed by atoms with van der Waals surface area (Å²) in [7, 11) is 5.48. The summed E-state index contributed by atoms with van der Waals surface area (Å²) < 4.78 is 18.1. The average molecular weight is 369 g/mol. The SMILES string of the molecule is COc1cnc(Cl)cc1-n1c(=O)ccc2cc(S(=O)Cl)ccc21. The highest BCUT2D eigenvalue weighted by atomic mass is 35.7. The van der Waals surface area contributed by atoms with E-state index in [0.29, 0.717) is 27.2 Å². The Kier molecular flexibility index (Phi) is 4.39. The van der Waals surface area contributed by atoms with E-state index in [2.05, 4.69) is 4.98 Å². The summed E-state index contributed by atoms with van der Waals surface area (Å²) in [5, 5.41) is 0.953. The normalized spacial score (nSPS) is 12.3. The highest BCUT2D eigenvalue weighted by Gasteiger charge is 2.13. The van der Waals surface area contributed by atoms with E-state index in [1.807, 2.05) is 0 Å². The Hall–Kier alpha value is -1.89. The molecule has 1 aromatic carbocycles. The van der Waals surface area contributed by atoms with Crippen LogP contribution in [0.25, 0.3) is 16.6 Å². The Morgan fingerprint density at radius 2 is 2.00 bits per heavy atom. The molecule has 5 nitrogen and oxygen atoms in total. The number of halogens is 2. The average Bonchev–Trinajstić information content (AvgIpc) is 2.54. The summed E-state index contributed by atoms with van der Waals surface area (Å²) in [5.74, 6) is 0.411. The molecule has 1 unspecified atom stereocenters. The third kappa shape index (κ3) is 2.97. The maximum atomic E-state index is 12.4. The zero-order chi connectivity index (χ0) is 16.6. The monoisotopic (exact) mass is 368 g/mol. The van der Waals surface area contributed by atoms with Gasteiger partial charge in [-0.1, -0.05) is 11.6 Å². The van der Waals surface area contributed by atoms with Crippen molar-refractivity contribution >= 4 is 43.2 Å². The van der Waals surface area contributed by atoms with Crippen LogP contribution in [0.3, 0.4) is 0 Å². The van der Waals surface area contributed by atoms with Crippen molar-refractivity contribution in [2.45, 2.75) is 4.90 Å². The molecule has 0 radical (unpaired) electrons. The molecule has 1 atom stereocenters. The van der Waals surface area contributed by atoms with E-state index >= 15 is 0 Å². The van der Waals surface area contributed by atoms with Crippen molar-refractivity contribution in [3.8, 4) is 11.4 Å². The van der Waals surface area contributed by atoms with E-state index in [-0.39, 0.29) is 10.7 Å². The largest absolute Gasteiger partial charge is 0.493 e. The maximum absolute atomic E-state index is 12.4. The van der Waals surface area contributed by atoms with Crippen LogP contribution in [-0.4, -0.2) is 20.9 Å². The number of rotatable bonds is 3. The van der Waals surface area contributed by atoms with Crippen molar-refractivity contribution in [1.82, 2.24) is 9.55 Å². The summed E-state index contributed by atoms with van der Waals surface area (Å²) in [6.07, 6.45) is 1.45. The van der Waals surface area contributed by atoms with Crippen LogP contribution in [0.15, 0.2) is 52.3 Å². The van der Waals surface area contributed by atoms with Gasteiger partial charge in [-0.05, 0) is 34.9 Å². The standard InChI is InChI=1S/C15H10Cl2N2O3S/c1-22-13-8-18-14(16)7-12(13)19-11-4-3-10(23(17)21)6-9(11)2-5-15(19)20/h2-8H,1H3. The molecule has 0 saturated heterocycles. The van der Waals surface area contributed by atoms with Crippen LogP contribution in [-0.2, 0) is 10.0 Å². The van der Waals surface area contributed by atoms with Crippen molar-refractivity contribution in [2.24, 2.45) is 0 Å². The number of pyridine rings is 2. The van der Waals surface area contributed by atoms with Crippen molar-refractivity contribution in [3.63, 3.8) is 0 Å². The third-order valence-corrected chi connectivity index (χ3v) is 4.69. The molecule has 118 valence electrons. The number of aromatic nitrogens is 2. The van der Waals surface area contributed by atoms with Gasteiger partial charge in [0.25, 0.3) is 5.56 Å². The van der Waals surface area contributed by atoms with E-state index in [1.165, 1.54) is 23.9 Å². The quantitative estimate of drug-likeness (QED) is 0.525. The molecular weight excluding hydrogens is 359 g/mol. The predicted molar refractivity (Wildman–Crippen MR) is 91.2 cm³/mol. The molecule has 23 heavy (non-hydrogen) atoms. The van der Waals surface area contributed by atoms with E-state index in [0.717, 1.165) is 0 Å². The second-order valence-electron chi connectivity index (χ2n) is 4.63. The first-order valence-corrected chi connectivity index (χ1v) is 8.80. The minimum absolute atomic E-state index is 0.239. The molecule has 0 aliphatic carbocycles. The molecule has 0 aliphatic rings. The summed E-state index contributed by atoms with van der Waals surface area (Å²) in [6, 6.07) is 9.57. The van der Waals surface area contributed by atoms with Gasteiger partial charge < -0.3 is 4.74 Å². The van der Waals surface area contributed by atoms with Crippen LogP contribution in [0, 0.1) is 0 Å². The molecular formula is C15H10Cl2N2O3S. The lowest BCUT2D eigenvalue weighted by Gasteiger charge is -2.14. The van der Waals surface area contributed by atoms with Gasteiger partial charge in [0.1, 0.15) is 15.2 Å².